The summed E-state index contributed by atoms with van der Waals surface area (Å²) in [6.07, 6.45) is -0.420. The first kappa shape index (κ1) is 8.88. The second-order valence-electron chi connectivity index (χ2n) is 2.42. The highest BCUT2D eigenvalue weighted by atomic mass is 16.3. The predicted molar refractivity (Wildman–Crippen MR) is 38.0 cm³/mol. The lowest BCUT2D eigenvalue weighted by molar-refractivity contribution is 0.152. The summed E-state index contributed by atoms with van der Waals surface area (Å²) in [4.78, 5) is 0. The van der Waals surface area contributed by atoms with Crippen molar-refractivity contribution in [1.29, 1.82) is 0 Å². The highest BCUT2D eigenvalue weighted by molar-refractivity contribution is 4.50. The smallest absolute Gasteiger partial charge is 0.103 e. The number of hydrogen-bond acceptors (Lipinski definition) is 3. The molecular weight excluding hydrogens is 116 g/mol. The van der Waals surface area contributed by atoms with Crippen LogP contribution in [-0.2, 0) is 0 Å². The Labute approximate surface area is 56.5 Å². The largest absolute Gasteiger partial charge is 0.379 e. The van der Waals surface area contributed by atoms with Gasteiger partial charge >= 0.3 is 0 Å². The van der Waals surface area contributed by atoms with E-state index in [0.717, 1.165) is 0 Å². The van der Waals surface area contributed by atoms with Crippen molar-refractivity contribution in [3.8, 4) is 0 Å². The van der Waals surface area contributed by atoms with Gasteiger partial charge in [-0.05, 0) is 20.8 Å². The van der Waals surface area contributed by atoms with E-state index in [-0.39, 0.29) is 0 Å². The maximum absolute atomic E-state index is 8.71. The third kappa shape index (κ3) is 7.88. The number of aliphatic hydroxyl groups excluding tert-OH is 1. The van der Waals surface area contributed by atoms with Crippen molar-refractivity contribution in [2.24, 2.45) is 0 Å². The zero-order chi connectivity index (χ0) is 7.28. The zero-order valence-electron chi connectivity index (χ0n) is 6.31. The second-order valence-corrected chi connectivity index (χ2v) is 2.42. The highest BCUT2D eigenvalue weighted by Gasteiger charge is 1.92. The molecule has 1 atom stereocenters. The van der Waals surface area contributed by atoms with Gasteiger partial charge in [-0.2, -0.15) is 0 Å². The molecular formula is C6H16N2O. The van der Waals surface area contributed by atoms with Crippen LogP contribution in [-0.4, -0.2) is 24.0 Å². The van der Waals surface area contributed by atoms with Gasteiger partial charge in [0.15, 0.2) is 0 Å². The Balaban J connectivity index is 2.91. The summed E-state index contributed by atoms with van der Waals surface area (Å²) in [6, 6.07) is 0.469. The van der Waals surface area contributed by atoms with Crippen LogP contribution in [0.5, 0.6) is 0 Å². The van der Waals surface area contributed by atoms with Gasteiger partial charge in [0.25, 0.3) is 0 Å². The van der Waals surface area contributed by atoms with Crippen molar-refractivity contribution in [1.82, 2.24) is 10.6 Å². The Morgan fingerprint density at radius 1 is 1.22 bits per heavy atom. The van der Waals surface area contributed by atoms with Crippen LogP contribution in [0, 0.1) is 0 Å². The van der Waals surface area contributed by atoms with Crippen LogP contribution in [0.1, 0.15) is 20.8 Å². The summed E-state index contributed by atoms with van der Waals surface area (Å²) in [5, 5.41) is 14.6. The molecule has 0 aliphatic carbocycles. The molecule has 3 N–H and O–H groups in total. The van der Waals surface area contributed by atoms with E-state index in [1.165, 1.54) is 0 Å². The molecule has 0 amide bonds. The average Bonchev–Trinajstić information content (AvgIpc) is 1.63. The Morgan fingerprint density at radius 2 is 1.78 bits per heavy atom. The van der Waals surface area contributed by atoms with E-state index in [2.05, 4.69) is 24.5 Å². The van der Waals surface area contributed by atoms with Gasteiger partial charge in [-0.1, -0.05) is 0 Å². The SMILES string of the molecule is CC(C)NCNC(C)O. The zero-order valence-corrected chi connectivity index (χ0v) is 6.31. The molecule has 56 valence electrons. The van der Waals surface area contributed by atoms with Crippen LogP contribution in [0.15, 0.2) is 0 Å². The molecule has 0 aromatic carbocycles. The maximum Gasteiger partial charge on any atom is 0.103 e. The first-order valence-electron chi connectivity index (χ1n) is 3.27. The van der Waals surface area contributed by atoms with Crippen molar-refractivity contribution in [3.63, 3.8) is 0 Å². The molecule has 0 aromatic heterocycles. The number of hydrogen-bond donors (Lipinski definition) is 3. The third-order valence-corrected chi connectivity index (χ3v) is 0.908. The lowest BCUT2D eigenvalue weighted by Gasteiger charge is -2.10. The van der Waals surface area contributed by atoms with E-state index in [1.807, 2.05) is 0 Å². The van der Waals surface area contributed by atoms with Crippen molar-refractivity contribution in [2.45, 2.75) is 33.0 Å². The van der Waals surface area contributed by atoms with E-state index in [4.69, 9.17) is 5.11 Å². The van der Waals surface area contributed by atoms with E-state index < -0.39 is 6.23 Å². The normalized spacial score (nSPS) is 14.3. The molecule has 0 aliphatic rings. The molecule has 0 heterocycles. The van der Waals surface area contributed by atoms with Crippen LogP contribution in [0.3, 0.4) is 0 Å². The van der Waals surface area contributed by atoms with Crippen molar-refractivity contribution in [3.05, 3.63) is 0 Å². The van der Waals surface area contributed by atoms with Crippen LogP contribution < -0.4 is 10.6 Å². The fraction of sp³-hybridized carbons (Fsp3) is 1.00. The topological polar surface area (TPSA) is 44.3 Å². The number of aliphatic hydroxyl groups is 1. The summed E-state index contributed by atoms with van der Waals surface area (Å²) >= 11 is 0. The van der Waals surface area contributed by atoms with Gasteiger partial charge in [0.1, 0.15) is 6.23 Å². The Morgan fingerprint density at radius 3 is 2.11 bits per heavy atom. The van der Waals surface area contributed by atoms with E-state index >= 15 is 0 Å². The Bertz CT molecular complexity index is 56.1. The molecule has 0 spiro atoms. The molecule has 0 aliphatic heterocycles. The lowest BCUT2D eigenvalue weighted by Crippen LogP contribution is -2.38. The van der Waals surface area contributed by atoms with E-state index in [1.54, 1.807) is 6.92 Å². The summed E-state index contributed by atoms with van der Waals surface area (Å²) in [7, 11) is 0. The fourth-order valence-electron chi connectivity index (χ4n) is 0.411. The maximum atomic E-state index is 8.71. The summed E-state index contributed by atoms with van der Waals surface area (Å²) in [5.41, 5.74) is 0. The molecule has 9 heavy (non-hydrogen) atoms. The van der Waals surface area contributed by atoms with Gasteiger partial charge in [0.2, 0.25) is 0 Å². The number of rotatable bonds is 4. The van der Waals surface area contributed by atoms with E-state index in [9.17, 15) is 0 Å². The van der Waals surface area contributed by atoms with Crippen LogP contribution in [0.25, 0.3) is 0 Å². The molecule has 0 saturated carbocycles. The quantitative estimate of drug-likeness (QED) is 0.467. The average molecular weight is 132 g/mol. The third-order valence-electron chi connectivity index (χ3n) is 0.908. The van der Waals surface area contributed by atoms with Crippen molar-refractivity contribution < 1.29 is 5.11 Å². The highest BCUT2D eigenvalue weighted by Crippen LogP contribution is 1.73. The Hall–Kier alpha value is -0.120. The Kier molecular flexibility index (Phi) is 4.67. The molecule has 3 nitrogen and oxygen atoms in total. The molecule has 0 radical (unpaired) electrons. The van der Waals surface area contributed by atoms with Crippen LogP contribution in [0.4, 0.5) is 0 Å². The lowest BCUT2D eigenvalue weighted by atomic mass is 10.4. The van der Waals surface area contributed by atoms with Crippen LogP contribution in [0.2, 0.25) is 0 Å². The van der Waals surface area contributed by atoms with Gasteiger partial charge in [0.05, 0.1) is 0 Å². The van der Waals surface area contributed by atoms with Gasteiger partial charge in [-0.3, -0.25) is 5.32 Å². The molecule has 0 bridgehead atoms. The standard InChI is InChI=1S/C6H16N2O/c1-5(2)7-4-8-6(3)9/h5-9H,4H2,1-3H3. The molecule has 0 rings (SSSR count). The van der Waals surface area contributed by atoms with Gasteiger partial charge in [0, 0.05) is 12.7 Å². The molecule has 3 heteroatoms. The summed E-state index contributed by atoms with van der Waals surface area (Å²) < 4.78 is 0. The summed E-state index contributed by atoms with van der Waals surface area (Å²) in [5.74, 6) is 0. The minimum absolute atomic E-state index is 0.420. The monoisotopic (exact) mass is 132 g/mol. The molecule has 0 fully saturated rings. The van der Waals surface area contributed by atoms with E-state index in [0.29, 0.717) is 12.7 Å². The molecule has 0 saturated heterocycles. The first-order valence-corrected chi connectivity index (χ1v) is 3.27. The minimum Gasteiger partial charge on any atom is -0.379 e. The van der Waals surface area contributed by atoms with Crippen molar-refractivity contribution >= 4 is 0 Å². The second kappa shape index (κ2) is 4.73. The van der Waals surface area contributed by atoms with Gasteiger partial charge < -0.3 is 10.4 Å². The van der Waals surface area contributed by atoms with Gasteiger partial charge in [-0.25, -0.2) is 0 Å². The van der Waals surface area contributed by atoms with Crippen LogP contribution >= 0.6 is 0 Å². The summed E-state index contributed by atoms with van der Waals surface area (Å²) in [6.45, 7) is 6.48. The molecule has 1 unspecified atom stereocenters. The number of nitrogens with one attached hydrogen (secondary N) is 2. The van der Waals surface area contributed by atoms with Crippen molar-refractivity contribution in [2.75, 3.05) is 6.67 Å². The van der Waals surface area contributed by atoms with Gasteiger partial charge in [-0.15, -0.1) is 0 Å². The minimum atomic E-state index is -0.420. The fourth-order valence-corrected chi connectivity index (χ4v) is 0.411. The first-order chi connectivity index (χ1) is 4.13. The molecule has 0 aromatic rings. The predicted octanol–water partition coefficient (Wildman–Crippen LogP) is -0.130.